The molecule has 1 aromatic rings. The summed E-state index contributed by atoms with van der Waals surface area (Å²) >= 11 is 0. The van der Waals surface area contributed by atoms with Crippen molar-refractivity contribution in [3.8, 4) is 0 Å². The number of aliphatic imine (C=N–C) groups is 1. The van der Waals surface area contributed by atoms with E-state index in [1.54, 1.807) is 0 Å². The van der Waals surface area contributed by atoms with E-state index >= 15 is 0 Å². The van der Waals surface area contributed by atoms with Crippen LogP contribution in [0.4, 0.5) is 5.69 Å². The lowest BCUT2D eigenvalue weighted by atomic mass is 10.2. The molecule has 2 aliphatic rings. The summed E-state index contributed by atoms with van der Waals surface area (Å²) in [7, 11) is 2.19. The fraction of sp³-hybridized carbons (Fsp3) is 0.600. The van der Waals surface area contributed by atoms with Gasteiger partial charge in [0.15, 0.2) is 5.96 Å². The zero-order valence-corrected chi connectivity index (χ0v) is 18.8. The highest BCUT2D eigenvalue weighted by atomic mass is 127. The molecule has 2 fully saturated rings. The summed E-state index contributed by atoms with van der Waals surface area (Å²) in [4.78, 5) is 21.4. The molecule has 0 radical (unpaired) electrons. The minimum atomic E-state index is 0. The van der Waals surface area contributed by atoms with E-state index in [9.17, 15) is 4.79 Å². The van der Waals surface area contributed by atoms with Gasteiger partial charge >= 0.3 is 0 Å². The Bertz CT molecular complexity index is 635. The van der Waals surface area contributed by atoms with Crippen LogP contribution in [-0.4, -0.2) is 61.6 Å². The maximum Gasteiger partial charge on any atom is 0.229 e. The maximum absolute atomic E-state index is 12.4. The number of nitrogens with one attached hydrogen (secondary N) is 2. The van der Waals surface area contributed by atoms with Crippen molar-refractivity contribution in [2.45, 2.75) is 51.2 Å². The first-order valence-electron chi connectivity index (χ1n) is 9.70. The zero-order valence-electron chi connectivity index (χ0n) is 16.5. The first kappa shape index (κ1) is 21.9. The van der Waals surface area contributed by atoms with E-state index < -0.39 is 0 Å². The van der Waals surface area contributed by atoms with Crippen LogP contribution in [0.5, 0.6) is 0 Å². The average Bonchev–Trinajstić information content (AvgIpc) is 3.43. The molecule has 0 spiro atoms. The summed E-state index contributed by atoms with van der Waals surface area (Å²) in [6.07, 6.45) is 3.11. The van der Waals surface area contributed by atoms with Gasteiger partial charge in [-0.25, -0.2) is 0 Å². The van der Waals surface area contributed by atoms with Gasteiger partial charge in [-0.3, -0.25) is 14.7 Å². The molecule has 1 aromatic carbocycles. The van der Waals surface area contributed by atoms with E-state index in [4.69, 9.17) is 4.99 Å². The second-order valence-corrected chi connectivity index (χ2v) is 7.35. The van der Waals surface area contributed by atoms with Gasteiger partial charge in [-0.2, -0.15) is 0 Å². The Labute approximate surface area is 179 Å². The van der Waals surface area contributed by atoms with E-state index in [1.165, 1.54) is 12.8 Å². The third kappa shape index (κ3) is 6.07. The second kappa shape index (κ2) is 10.3. The number of carbonyl (C=O) groups excluding carboxylic acids is 1. The number of para-hydroxylation sites is 1. The van der Waals surface area contributed by atoms with Gasteiger partial charge in [0.25, 0.3) is 0 Å². The van der Waals surface area contributed by atoms with Crippen molar-refractivity contribution < 1.29 is 4.79 Å². The number of hydrogen-bond acceptors (Lipinski definition) is 3. The molecule has 1 aliphatic carbocycles. The smallest absolute Gasteiger partial charge is 0.229 e. The van der Waals surface area contributed by atoms with Crippen LogP contribution in [0.15, 0.2) is 35.3 Å². The molecule has 0 bridgehead atoms. The molecule has 1 heterocycles. The van der Waals surface area contributed by atoms with Crippen LogP contribution in [0.3, 0.4) is 0 Å². The molecule has 3 rings (SSSR count). The van der Waals surface area contributed by atoms with Crippen molar-refractivity contribution in [3.63, 3.8) is 0 Å². The summed E-state index contributed by atoms with van der Waals surface area (Å²) in [5, 5.41) is 6.75. The Balaban J connectivity index is 0.00000261. The molecule has 1 saturated heterocycles. The normalized spacial score (nSPS) is 21.2. The molecular formula is C20H32IN5O. The summed E-state index contributed by atoms with van der Waals surface area (Å²) < 4.78 is 0. The molecule has 2 N–H and O–H groups in total. The van der Waals surface area contributed by atoms with Crippen LogP contribution >= 0.6 is 24.0 Å². The largest absolute Gasteiger partial charge is 0.357 e. The van der Waals surface area contributed by atoms with Gasteiger partial charge in [0, 0.05) is 37.3 Å². The second-order valence-electron chi connectivity index (χ2n) is 7.35. The number of hydrogen-bond donors (Lipinski definition) is 2. The highest BCUT2D eigenvalue weighted by Crippen LogP contribution is 2.27. The molecule has 150 valence electrons. The number of benzene rings is 1. The minimum absolute atomic E-state index is 0. The number of anilines is 1. The van der Waals surface area contributed by atoms with E-state index in [-0.39, 0.29) is 35.9 Å². The lowest BCUT2D eigenvalue weighted by Crippen LogP contribution is -2.45. The number of guanidine groups is 1. The molecule has 1 saturated carbocycles. The molecule has 1 aliphatic heterocycles. The Morgan fingerprint density at radius 1 is 1.33 bits per heavy atom. The fourth-order valence-corrected chi connectivity index (χ4v) is 3.37. The van der Waals surface area contributed by atoms with Crippen LogP contribution < -0.4 is 15.5 Å². The van der Waals surface area contributed by atoms with Crippen molar-refractivity contribution >= 4 is 41.5 Å². The number of likely N-dealkylation sites (N-methyl/N-ethyl adjacent to an activating group) is 1. The zero-order chi connectivity index (χ0) is 18.5. The first-order chi connectivity index (χ1) is 12.6. The van der Waals surface area contributed by atoms with Crippen LogP contribution in [0.2, 0.25) is 0 Å². The van der Waals surface area contributed by atoms with E-state index in [1.807, 2.05) is 35.2 Å². The molecule has 1 amide bonds. The number of halogens is 1. The highest BCUT2D eigenvalue weighted by molar-refractivity contribution is 14.0. The number of rotatable bonds is 7. The Morgan fingerprint density at radius 2 is 2.04 bits per heavy atom. The van der Waals surface area contributed by atoms with Crippen molar-refractivity contribution in [1.29, 1.82) is 0 Å². The number of nitrogens with zero attached hydrogens (tertiary/aromatic N) is 3. The third-order valence-electron chi connectivity index (χ3n) is 5.21. The maximum atomic E-state index is 12.4. The van der Waals surface area contributed by atoms with Crippen LogP contribution in [-0.2, 0) is 4.79 Å². The summed E-state index contributed by atoms with van der Waals surface area (Å²) in [5.41, 5.74) is 0.961. The predicted molar refractivity (Wildman–Crippen MR) is 122 cm³/mol. The summed E-state index contributed by atoms with van der Waals surface area (Å²) in [6, 6.07) is 11.1. The minimum Gasteiger partial charge on any atom is -0.357 e. The van der Waals surface area contributed by atoms with Crippen molar-refractivity contribution in [2.75, 3.05) is 31.6 Å². The van der Waals surface area contributed by atoms with Crippen molar-refractivity contribution in [3.05, 3.63) is 30.3 Å². The average molecular weight is 485 g/mol. The van der Waals surface area contributed by atoms with E-state index in [2.05, 4.69) is 36.4 Å². The van der Waals surface area contributed by atoms with Gasteiger partial charge in [0.2, 0.25) is 5.91 Å². The lowest BCUT2D eigenvalue weighted by molar-refractivity contribution is -0.117. The number of carbonyl (C=O) groups is 1. The lowest BCUT2D eigenvalue weighted by Gasteiger charge is -2.24. The molecule has 0 aromatic heterocycles. The topological polar surface area (TPSA) is 60.0 Å². The van der Waals surface area contributed by atoms with Crippen LogP contribution in [0.25, 0.3) is 0 Å². The van der Waals surface area contributed by atoms with Crippen molar-refractivity contribution in [2.24, 2.45) is 4.99 Å². The van der Waals surface area contributed by atoms with Gasteiger partial charge < -0.3 is 15.5 Å². The van der Waals surface area contributed by atoms with E-state index in [0.29, 0.717) is 19.0 Å². The van der Waals surface area contributed by atoms with E-state index in [0.717, 1.165) is 30.8 Å². The van der Waals surface area contributed by atoms with Crippen LogP contribution in [0, 0.1) is 0 Å². The fourth-order valence-electron chi connectivity index (χ4n) is 3.37. The Hall–Kier alpha value is -1.35. The van der Waals surface area contributed by atoms with Gasteiger partial charge in [0.1, 0.15) is 0 Å². The van der Waals surface area contributed by atoms with Gasteiger partial charge in [0.05, 0.1) is 12.6 Å². The summed E-state index contributed by atoms with van der Waals surface area (Å²) in [6.45, 7) is 6.52. The SMILES string of the molecule is CCNC(=NCC(C)N(C)C1CC1)NC1CC(=O)N(c2ccccc2)C1.I. The molecule has 2 unspecified atom stereocenters. The molecule has 7 heteroatoms. The molecule has 27 heavy (non-hydrogen) atoms. The first-order valence-corrected chi connectivity index (χ1v) is 9.70. The van der Waals surface area contributed by atoms with Gasteiger partial charge in [-0.15, -0.1) is 24.0 Å². The number of amides is 1. The molecule has 2 atom stereocenters. The molecule has 6 nitrogen and oxygen atoms in total. The quantitative estimate of drug-likeness (QED) is 0.354. The van der Waals surface area contributed by atoms with Gasteiger partial charge in [-0.05, 0) is 45.9 Å². The summed E-state index contributed by atoms with van der Waals surface area (Å²) in [5.74, 6) is 0.961. The monoisotopic (exact) mass is 485 g/mol. The Morgan fingerprint density at radius 3 is 2.67 bits per heavy atom. The van der Waals surface area contributed by atoms with Crippen LogP contribution in [0.1, 0.15) is 33.1 Å². The van der Waals surface area contributed by atoms with Gasteiger partial charge in [-0.1, -0.05) is 18.2 Å². The van der Waals surface area contributed by atoms with Crippen molar-refractivity contribution in [1.82, 2.24) is 15.5 Å². The third-order valence-corrected chi connectivity index (χ3v) is 5.21. The Kier molecular flexibility index (Phi) is 8.34. The predicted octanol–water partition coefficient (Wildman–Crippen LogP) is 2.45. The highest BCUT2D eigenvalue weighted by Gasteiger charge is 2.31. The standard InChI is InChI=1S/C20H31N5O.HI/c1-4-21-20(22-13-15(2)24(3)17-10-11-17)23-16-12-19(26)25(14-16)18-8-6-5-7-9-18;/h5-9,15-17H,4,10-14H2,1-3H3,(H2,21,22,23);1H. The molecular weight excluding hydrogens is 453 g/mol.